The van der Waals surface area contributed by atoms with Crippen molar-refractivity contribution in [3.63, 3.8) is 0 Å². The van der Waals surface area contributed by atoms with Crippen molar-refractivity contribution in [3.8, 4) is 16.9 Å². The summed E-state index contributed by atoms with van der Waals surface area (Å²) in [5.41, 5.74) is 1.36. The van der Waals surface area contributed by atoms with E-state index in [1.165, 1.54) is 11.3 Å². The number of hydrogen-bond donors (Lipinski definition) is 1. The predicted octanol–water partition coefficient (Wildman–Crippen LogP) is 8.26. The Bertz CT molecular complexity index is 2060. The molecule has 1 N–H and O–H groups in total. The topological polar surface area (TPSA) is 107 Å². The first-order valence-corrected chi connectivity index (χ1v) is 17.9. The van der Waals surface area contributed by atoms with Gasteiger partial charge < -0.3 is 9.84 Å². The summed E-state index contributed by atoms with van der Waals surface area (Å²) in [4.78, 5) is 37.1. The largest absolute Gasteiger partial charge is 0.522 e. The molecular formula is C35H35ClF6N4O5S. The number of thiophene rings is 1. The number of likely N-dealkylation sites (tertiary alicyclic amines) is 1. The van der Waals surface area contributed by atoms with E-state index in [4.69, 9.17) is 16.3 Å². The third kappa shape index (κ3) is 7.94. The van der Waals surface area contributed by atoms with Gasteiger partial charge >= 0.3 is 18.5 Å². The highest BCUT2D eigenvalue weighted by molar-refractivity contribution is 7.20. The first kappa shape index (κ1) is 38.0. The summed E-state index contributed by atoms with van der Waals surface area (Å²) in [6.07, 6.45) is -9.73. The first-order chi connectivity index (χ1) is 24.4. The Kier molecular flexibility index (Phi) is 10.7. The van der Waals surface area contributed by atoms with Crippen molar-refractivity contribution in [2.45, 2.75) is 90.0 Å². The van der Waals surface area contributed by atoms with E-state index in [9.17, 15) is 41.0 Å². The molecule has 6 rings (SSSR count). The molecule has 4 heterocycles. The molecule has 0 amide bonds. The summed E-state index contributed by atoms with van der Waals surface area (Å²) in [5, 5.41) is 10.4. The number of carbonyl (C=O) groups is 1. The van der Waals surface area contributed by atoms with Gasteiger partial charge in [-0.25, -0.2) is 9.78 Å². The maximum atomic E-state index is 14.3. The number of benzene rings is 1. The number of nitrogens with zero attached hydrogens (tertiary/aromatic N) is 4. The second-order valence-corrected chi connectivity index (χ2v) is 14.8. The number of rotatable bonds is 9. The number of fused-ring (bicyclic) bond motifs is 2. The molecule has 1 aliphatic heterocycles. The van der Waals surface area contributed by atoms with Crippen LogP contribution < -0.4 is 10.3 Å². The Morgan fingerprint density at radius 2 is 1.79 bits per heavy atom. The van der Waals surface area contributed by atoms with E-state index in [1.807, 2.05) is 18.7 Å². The van der Waals surface area contributed by atoms with Crippen molar-refractivity contribution in [2.24, 2.45) is 0 Å². The molecule has 3 aromatic heterocycles. The molecule has 1 saturated heterocycles. The van der Waals surface area contributed by atoms with Gasteiger partial charge in [0.1, 0.15) is 12.4 Å². The quantitative estimate of drug-likeness (QED) is 0.170. The van der Waals surface area contributed by atoms with Crippen LogP contribution in [0.4, 0.5) is 26.3 Å². The minimum absolute atomic E-state index is 0.0653. The number of carboxylic acid groups (broad SMARTS) is 1. The molecule has 0 radical (unpaired) electrons. The van der Waals surface area contributed by atoms with Crippen LogP contribution >= 0.6 is 22.9 Å². The molecule has 17 heteroatoms. The van der Waals surface area contributed by atoms with Crippen LogP contribution in [0, 0.1) is 6.92 Å². The van der Waals surface area contributed by atoms with Crippen molar-refractivity contribution in [2.75, 3.05) is 19.7 Å². The smallest absolute Gasteiger partial charge is 0.491 e. The molecule has 280 valence electrons. The fourth-order valence-corrected chi connectivity index (χ4v) is 8.52. The Hall–Kier alpha value is -3.73. The number of ether oxygens (including phenoxy) is 2. The lowest BCUT2D eigenvalue weighted by molar-refractivity contribution is -0.346. The van der Waals surface area contributed by atoms with E-state index in [1.54, 1.807) is 31.2 Å². The van der Waals surface area contributed by atoms with Crippen LogP contribution in [0.5, 0.6) is 5.75 Å². The molecule has 4 aromatic rings. The highest BCUT2D eigenvalue weighted by Gasteiger charge is 2.40. The van der Waals surface area contributed by atoms with E-state index in [-0.39, 0.29) is 66.8 Å². The van der Waals surface area contributed by atoms with Gasteiger partial charge in [0.2, 0.25) is 5.82 Å². The van der Waals surface area contributed by atoms with Crippen molar-refractivity contribution in [1.82, 2.24) is 19.4 Å². The zero-order chi connectivity index (χ0) is 37.7. The number of aryl methyl sites for hydroxylation is 2. The molecular weight excluding hydrogens is 738 g/mol. The van der Waals surface area contributed by atoms with Crippen molar-refractivity contribution in [3.05, 3.63) is 72.9 Å². The normalized spacial score (nSPS) is 17.6. The zero-order valence-electron chi connectivity index (χ0n) is 28.3. The average molecular weight is 773 g/mol. The third-order valence-corrected chi connectivity index (χ3v) is 11.1. The van der Waals surface area contributed by atoms with Crippen molar-refractivity contribution >= 4 is 39.1 Å². The second kappa shape index (κ2) is 14.6. The van der Waals surface area contributed by atoms with Gasteiger partial charge in [-0.05, 0) is 69.2 Å². The average Bonchev–Trinajstić information content (AvgIpc) is 3.45. The third-order valence-electron chi connectivity index (χ3n) is 9.39. The number of aromatic carboxylic acids is 1. The van der Waals surface area contributed by atoms with E-state index in [0.717, 1.165) is 0 Å². The highest BCUT2D eigenvalue weighted by Crippen LogP contribution is 2.44. The van der Waals surface area contributed by atoms with Gasteiger partial charge in [0, 0.05) is 51.4 Å². The number of halogens is 7. The molecule has 52 heavy (non-hydrogen) atoms. The van der Waals surface area contributed by atoms with Gasteiger partial charge in [-0.2, -0.15) is 13.2 Å². The summed E-state index contributed by atoms with van der Waals surface area (Å²) in [6, 6.07) is 6.23. The Balaban J connectivity index is 1.27. The summed E-state index contributed by atoms with van der Waals surface area (Å²) in [7, 11) is 0. The van der Waals surface area contributed by atoms with Crippen molar-refractivity contribution < 1.29 is 45.7 Å². The van der Waals surface area contributed by atoms with Gasteiger partial charge in [0.25, 0.3) is 5.56 Å². The van der Waals surface area contributed by atoms with E-state index >= 15 is 0 Å². The summed E-state index contributed by atoms with van der Waals surface area (Å²) < 4.78 is 92.4. The number of carboxylic acids is 1. The number of pyridine rings is 1. The Labute approximate surface area is 303 Å². The molecule has 2 aliphatic rings. The minimum atomic E-state index is -4.94. The van der Waals surface area contributed by atoms with Crippen LogP contribution in [-0.4, -0.2) is 68.7 Å². The molecule has 1 aromatic carbocycles. The van der Waals surface area contributed by atoms with Gasteiger partial charge in [0.05, 0.1) is 34.1 Å². The minimum Gasteiger partial charge on any atom is -0.491 e. The van der Waals surface area contributed by atoms with E-state index in [0.29, 0.717) is 61.0 Å². The van der Waals surface area contributed by atoms with Gasteiger partial charge in [-0.3, -0.25) is 24.0 Å². The molecule has 1 unspecified atom stereocenters. The summed E-state index contributed by atoms with van der Waals surface area (Å²) >= 11 is 7.67. The van der Waals surface area contributed by atoms with Crippen LogP contribution in [0.2, 0.25) is 5.02 Å². The highest BCUT2D eigenvalue weighted by atomic mass is 35.5. The Morgan fingerprint density at radius 1 is 1.08 bits per heavy atom. The number of aromatic nitrogens is 3. The SMILES string of the molecule is Cc1cc(-c2cc(Cl)ccc2OCCn2c(C(F)(F)F)nc3c(c2=O)CC(N2CCC(OC(F)(F)F)CC2)CC3)c2sc(C(C)C)c(C(=O)O)c2n1. The monoisotopic (exact) mass is 772 g/mol. The number of alkyl halides is 6. The summed E-state index contributed by atoms with van der Waals surface area (Å²) in [6.45, 7) is 5.22. The van der Waals surface area contributed by atoms with Crippen LogP contribution in [0.25, 0.3) is 21.3 Å². The molecule has 1 atom stereocenters. The molecule has 1 aliphatic carbocycles. The van der Waals surface area contributed by atoms with Crippen molar-refractivity contribution in [1.29, 1.82) is 0 Å². The predicted molar refractivity (Wildman–Crippen MR) is 182 cm³/mol. The lowest BCUT2D eigenvalue weighted by atomic mass is 9.90. The summed E-state index contributed by atoms with van der Waals surface area (Å²) in [5.74, 6) is -2.32. The maximum Gasteiger partial charge on any atom is 0.522 e. The number of hydrogen-bond acceptors (Lipinski definition) is 8. The lowest BCUT2D eigenvalue weighted by Gasteiger charge is -2.39. The van der Waals surface area contributed by atoms with Crippen LogP contribution in [-0.2, 0) is 30.3 Å². The standard InChI is InChI=1S/C35H35ClF6N4O5S/c1-17(2)29-27(32(48)49)28-30(52-29)23(14-18(3)43-28)22-15-19(36)4-7-26(22)50-13-12-46-31(47)24-16-20(5-6-25(24)44-33(46)34(37,38)39)45-10-8-21(9-11-45)51-35(40,41)42/h4,7,14-15,17,20-21H,5-6,8-13,16H2,1-3H3,(H,48,49). The number of piperidine rings is 1. The van der Waals surface area contributed by atoms with E-state index in [2.05, 4.69) is 14.7 Å². The first-order valence-electron chi connectivity index (χ1n) is 16.7. The molecule has 0 spiro atoms. The molecule has 0 saturated carbocycles. The second-order valence-electron chi connectivity index (χ2n) is 13.3. The van der Waals surface area contributed by atoms with E-state index < -0.39 is 42.5 Å². The molecule has 1 fully saturated rings. The Morgan fingerprint density at radius 3 is 2.42 bits per heavy atom. The fourth-order valence-electron chi connectivity index (χ4n) is 7.08. The molecule has 0 bridgehead atoms. The maximum absolute atomic E-state index is 14.3. The van der Waals surface area contributed by atoms with Crippen LogP contribution in [0.3, 0.4) is 0 Å². The van der Waals surface area contributed by atoms with Gasteiger partial charge in [0.15, 0.2) is 0 Å². The molecule has 9 nitrogen and oxygen atoms in total. The fraction of sp³-hybridized carbons (Fsp3) is 0.486. The van der Waals surface area contributed by atoms with Gasteiger partial charge in [-0.15, -0.1) is 24.5 Å². The van der Waals surface area contributed by atoms with Crippen LogP contribution in [0.15, 0.2) is 29.1 Å². The van der Waals surface area contributed by atoms with Gasteiger partial charge in [-0.1, -0.05) is 25.4 Å². The van der Waals surface area contributed by atoms with Crippen LogP contribution in [0.1, 0.15) is 77.0 Å². The zero-order valence-corrected chi connectivity index (χ0v) is 29.9. The lowest BCUT2D eigenvalue weighted by Crippen LogP contribution is -2.48.